The van der Waals surface area contributed by atoms with Gasteiger partial charge in [0.1, 0.15) is 0 Å². The van der Waals surface area contributed by atoms with E-state index >= 15 is 0 Å². The lowest BCUT2D eigenvalue weighted by Crippen LogP contribution is -2.37. The van der Waals surface area contributed by atoms with Crippen molar-refractivity contribution < 1.29 is 0 Å². The Bertz CT molecular complexity index is 407. The maximum Gasteiger partial charge on any atom is 0.252 e. The number of H-pyrrole nitrogens is 1. The smallest absolute Gasteiger partial charge is 0.252 e. The lowest BCUT2D eigenvalue weighted by atomic mass is 9.97. The number of anilines is 1. The molecule has 0 atom stereocenters. The Kier molecular flexibility index (Phi) is 3.24. The van der Waals surface area contributed by atoms with Gasteiger partial charge in [0.05, 0.1) is 0 Å². The van der Waals surface area contributed by atoms with Crippen molar-refractivity contribution in [1.82, 2.24) is 9.97 Å². The van der Waals surface area contributed by atoms with E-state index in [0.717, 1.165) is 38.2 Å². The quantitative estimate of drug-likeness (QED) is 0.752. The Morgan fingerprint density at radius 1 is 1.56 bits per heavy atom. The Morgan fingerprint density at radius 2 is 2.25 bits per heavy atom. The molecule has 0 aromatic carbocycles. The Hall–Kier alpha value is -1.36. The molecule has 1 fully saturated rings. The molecule has 16 heavy (non-hydrogen) atoms. The van der Waals surface area contributed by atoms with Gasteiger partial charge in [-0.25, -0.2) is 4.98 Å². The summed E-state index contributed by atoms with van der Waals surface area (Å²) in [5, 5.41) is 0. The maximum absolute atomic E-state index is 11.3. The minimum Gasteiger partial charge on any atom is -0.342 e. The van der Waals surface area contributed by atoms with E-state index in [-0.39, 0.29) is 5.56 Å². The number of hydrogen-bond donors (Lipinski definition) is 2. The van der Waals surface area contributed by atoms with Crippen LogP contribution in [0.2, 0.25) is 0 Å². The summed E-state index contributed by atoms with van der Waals surface area (Å²) >= 11 is 0. The number of aryl methyl sites for hydroxylation is 1. The van der Waals surface area contributed by atoms with Crippen molar-refractivity contribution in [3.05, 3.63) is 22.1 Å². The van der Waals surface area contributed by atoms with E-state index in [9.17, 15) is 4.79 Å². The zero-order valence-corrected chi connectivity index (χ0v) is 9.57. The van der Waals surface area contributed by atoms with Crippen LogP contribution < -0.4 is 16.2 Å². The number of aromatic nitrogens is 2. The number of nitrogens with two attached hydrogens (primary N) is 1. The summed E-state index contributed by atoms with van der Waals surface area (Å²) in [6, 6.07) is 1.51. The van der Waals surface area contributed by atoms with Crippen molar-refractivity contribution in [3.8, 4) is 0 Å². The third kappa shape index (κ3) is 2.41. The van der Waals surface area contributed by atoms with Crippen molar-refractivity contribution in [2.45, 2.75) is 19.8 Å². The molecule has 2 heterocycles. The van der Waals surface area contributed by atoms with Gasteiger partial charge in [0.2, 0.25) is 5.95 Å². The summed E-state index contributed by atoms with van der Waals surface area (Å²) in [6.07, 6.45) is 2.16. The lowest BCUT2D eigenvalue weighted by molar-refractivity contribution is 0.411. The van der Waals surface area contributed by atoms with Crippen LogP contribution in [0.25, 0.3) is 0 Å². The molecule has 5 nitrogen and oxygen atoms in total. The molecule has 2 rings (SSSR count). The van der Waals surface area contributed by atoms with Crippen molar-refractivity contribution in [3.63, 3.8) is 0 Å². The summed E-state index contributed by atoms with van der Waals surface area (Å²) in [5.41, 5.74) is 6.33. The highest BCUT2D eigenvalue weighted by atomic mass is 16.1. The molecule has 0 spiro atoms. The molecule has 0 unspecified atom stereocenters. The van der Waals surface area contributed by atoms with Gasteiger partial charge in [-0.3, -0.25) is 9.78 Å². The van der Waals surface area contributed by atoms with Gasteiger partial charge in [0.25, 0.3) is 5.56 Å². The van der Waals surface area contributed by atoms with Crippen LogP contribution in [0.5, 0.6) is 0 Å². The molecule has 3 N–H and O–H groups in total. The first-order valence-corrected chi connectivity index (χ1v) is 5.72. The van der Waals surface area contributed by atoms with E-state index in [2.05, 4.69) is 14.9 Å². The van der Waals surface area contributed by atoms with Gasteiger partial charge in [0.15, 0.2) is 0 Å². The first-order valence-electron chi connectivity index (χ1n) is 5.72. The standard InChI is InChI=1S/C11H18N4O/c1-8-6-10(16)14-11(13-8)15-4-2-9(7-12)3-5-15/h6,9H,2-5,7,12H2,1H3,(H,13,14,16). The number of piperidine rings is 1. The van der Waals surface area contributed by atoms with Gasteiger partial charge in [0, 0.05) is 24.8 Å². The van der Waals surface area contributed by atoms with E-state index in [4.69, 9.17) is 5.73 Å². The molecule has 1 aromatic rings. The average Bonchev–Trinajstić information content (AvgIpc) is 2.28. The first kappa shape index (κ1) is 11.1. The van der Waals surface area contributed by atoms with Gasteiger partial charge in [-0.2, -0.15) is 0 Å². The van der Waals surface area contributed by atoms with Crippen molar-refractivity contribution in [2.24, 2.45) is 11.7 Å². The van der Waals surface area contributed by atoms with E-state index in [1.807, 2.05) is 6.92 Å². The highest BCUT2D eigenvalue weighted by Crippen LogP contribution is 2.18. The van der Waals surface area contributed by atoms with Gasteiger partial charge >= 0.3 is 0 Å². The highest BCUT2D eigenvalue weighted by molar-refractivity contribution is 5.30. The van der Waals surface area contributed by atoms with Crippen LogP contribution in [-0.2, 0) is 0 Å². The molecule has 0 aliphatic carbocycles. The predicted octanol–water partition coefficient (Wildman–Crippen LogP) is 0.253. The van der Waals surface area contributed by atoms with E-state index in [1.165, 1.54) is 6.07 Å². The zero-order valence-electron chi connectivity index (χ0n) is 9.57. The average molecular weight is 222 g/mol. The molecule has 1 aliphatic rings. The second-order valence-electron chi connectivity index (χ2n) is 4.38. The highest BCUT2D eigenvalue weighted by Gasteiger charge is 2.19. The van der Waals surface area contributed by atoms with Crippen molar-refractivity contribution in [2.75, 3.05) is 24.5 Å². The molecule has 1 aliphatic heterocycles. The summed E-state index contributed by atoms with van der Waals surface area (Å²) in [7, 11) is 0. The molecule has 88 valence electrons. The number of nitrogens with zero attached hydrogens (tertiary/aromatic N) is 2. The van der Waals surface area contributed by atoms with Gasteiger partial charge in [-0.1, -0.05) is 0 Å². The van der Waals surface area contributed by atoms with Crippen LogP contribution in [0.1, 0.15) is 18.5 Å². The number of rotatable bonds is 2. The Morgan fingerprint density at radius 3 is 2.81 bits per heavy atom. The summed E-state index contributed by atoms with van der Waals surface area (Å²) in [6.45, 7) is 4.44. The third-order valence-corrected chi connectivity index (χ3v) is 3.10. The second kappa shape index (κ2) is 4.65. The predicted molar refractivity (Wildman–Crippen MR) is 63.6 cm³/mol. The van der Waals surface area contributed by atoms with Gasteiger partial charge in [-0.15, -0.1) is 0 Å². The molecule has 0 bridgehead atoms. The van der Waals surface area contributed by atoms with Crippen LogP contribution in [0.3, 0.4) is 0 Å². The topological polar surface area (TPSA) is 75.0 Å². The Labute approximate surface area is 94.7 Å². The normalized spacial score (nSPS) is 17.8. The second-order valence-corrected chi connectivity index (χ2v) is 4.38. The van der Waals surface area contributed by atoms with E-state index < -0.39 is 0 Å². The summed E-state index contributed by atoms with van der Waals surface area (Å²) in [5.74, 6) is 1.31. The van der Waals surface area contributed by atoms with Crippen LogP contribution in [0, 0.1) is 12.8 Å². The monoisotopic (exact) mass is 222 g/mol. The van der Waals surface area contributed by atoms with Crippen LogP contribution in [0.4, 0.5) is 5.95 Å². The third-order valence-electron chi connectivity index (χ3n) is 3.10. The fourth-order valence-corrected chi connectivity index (χ4v) is 2.09. The fraction of sp³-hybridized carbons (Fsp3) is 0.636. The minimum absolute atomic E-state index is 0.0801. The maximum atomic E-state index is 11.3. The van der Waals surface area contributed by atoms with Crippen molar-refractivity contribution >= 4 is 5.95 Å². The van der Waals surface area contributed by atoms with Crippen LogP contribution >= 0.6 is 0 Å². The van der Waals surface area contributed by atoms with Gasteiger partial charge in [-0.05, 0) is 32.2 Å². The number of aromatic amines is 1. The van der Waals surface area contributed by atoms with Gasteiger partial charge < -0.3 is 10.6 Å². The molecular formula is C11H18N4O. The fourth-order valence-electron chi connectivity index (χ4n) is 2.09. The van der Waals surface area contributed by atoms with Crippen LogP contribution in [0.15, 0.2) is 10.9 Å². The number of nitrogens with one attached hydrogen (secondary N) is 1. The summed E-state index contributed by atoms with van der Waals surface area (Å²) in [4.78, 5) is 20.6. The molecule has 0 saturated carbocycles. The molecule has 0 amide bonds. The SMILES string of the molecule is Cc1cc(=O)[nH]c(N2CCC(CN)CC2)n1. The zero-order chi connectivity index (χ0) is 11.5. The largest absolute Gasteiger partial charge is 0.342 e. The molecule has 0 radical (unpaired) electrons. The van der Waals surface area contributed by atoms with Crippen LogP contribution in [-0.4, -0.2) is 29.6 Å². The molecule has 5 heteroatoms. The molecular weight excluding hydrogens is 204 g/mol. The minimum atomic E-state index is -0.0801. The molecule has 1 saturated heterocycles. The Balaban J connectivity index is 2.11. The number of hydrogen-bond acceptors (Lipinski definition) is 4. The van der Waals surface area contributed by atoms with E-state index in [0.29, 0.717) is 11.9 Å². The first-order chi connectivity index (χ1) is 7.69. The van der Waals surface area contributed by atoms with Crippen molar-refractivity contribution in [1.29, 1.82) is 0 Å². The van der Waals surface area contributed by atoms with E-state index in [1.54, 1.807) is 0 Å². The summed E-state index contributed by atoms with van der Waals surface area (Å²) < 4.78 is 0. The lowest BCUT2D eigenvalue weighted by Gasteiger charge is -2.31. The molecule has 1 aromatic heterocycles.